The van der Waals surface area contributed by atoms with Gasteiger partial charge in [0.05, 0.1) is 11.6 Å². The predicted molar refractivity (Wildman–Crippen MR) is 72.3 cm³/mol. The third kappa shape index (κ3) is 3.26. The normalized spacial score (nSPS) is 11.6. The molecule has 0 fully saturated rings. The van der Waals surface area contributed by atoms with E-state index in [-0.39, 0.29) is 5.41 Å². The van der Waals surface area contributed by atoms with Gasteiger partial charge in [0.25, 0.3) is 0 Å². The lowest BCUT2D eigenvalue weighted by atomic mass is 9.98. The Hall–Kier alpha value is -1.49. The van der Waals surface area contributed by atoms with Crippen molar-refractivity contribution in [2.45, 2.75) is 32.7 Å². The molecular weight excluding hydrogens is 249 g/mol. The first-order valence-electron chi connectivity index (χ1n) is 5.77. The van der Waals surface area contributed by atoms with Crippen LogP contribution in [0.15, 0.2) is 24.4 Å². The van der Waals surface area contributed by atoms with Crippen LogP contribution >= 0.6 is 11.3 Å². The van der Waals surface area contributed by atoms with Crippen LogP contribution < -0.4 is 5.32 Å². The molecule has 0 unspecified atom stereocenters. The fourth-order valence-electron chi connectivity index (χ4n) is 1.42. The molecule has 96 valence electrons. The maximum atomic E-state index is 12.9. The van der Waals surface area contributed by atoms with Gasteiger partial charge in [-0.05, 0) is 12.1 Å². The Kier molecular flexibility index (Phi) is 3.61. The van der Waals surface area contributed by atoms with Gasteiger partial charge in [0.1, 0.15) is 5.82 Å². The SMILES string of the molecule is CC(C)(C)c1ncc(CNc2cccc(F)n2)s1. The Morgan fingerprint density at radius 2 is 2.11 bits per heavy atom. The van der Waals surface area contributed by atoms with Crippen molar-refractivity contribution in [3.8, 4) is 0 Å². The summed E-state index contributed by atoms with van der Waals surface area (Å²) in [6, 6.07) is 4.71. The Morgan fingerprint density at radius 3 is 2.72 bits per heavy atom. The van der Waals surface area contributed by atoms with Crippen molar-refractivity contribution in [2.75, 3.05) is 5.32 Å². The average molecular weight is 265 g/mol. The van der Waals surface area contributed by atoms with Gasteiger partial charge in [0.2, 0.25) is 5.95 Å². The molecule has 2 aromatic heterocycles. The molecule has 0 atom stereocenters. The van der Waals surface area contributed by atoms with Crippen molar-refractivity contribution in [1.29, 1.82) is 0 Å². The van der Waals surface area contributed by atoms with Gasteiger partial charge in [0, 0.05) is 16.5 Å². The first-order valence-corrected chi connectivity index (χ1v) is 6.58. The quantitative estimate of drug-likeness (QED) is 0.862. The first kappa shape index (κ1) is 13.0. The van der Waals surface area contributed by atoms with Crippen LogP contribution in [0.4, 0.5) is 10.2 Å². The van der Waals surface area contributed by atoms with Gasteiger partial charge in [-0.2, -0.15) is 4.39 Å². The number of hydrogen-bond donors (Lipinski definition) is 1. The van der Waals surface area contributed by atoms with Crippen LogP contribution in [-0.2, 0) is 12.0 Å². The molecule has 5 heteroatoms. The number of thiazole rings is 1. The number of hydrogen-bond acceptors (Lipinski definition) is 4. The summed E-state index contributed by atoms with van der Waals surface area (Å²) in [5.74, 6) is 0.0698. The molecule has 2 heterocycles. The van der Waals surface area contributed by atoms with E-state index in [1.54, 1.807) is 23.5 Å². The van der Waals surface area contributed by atoms with Gasteiger partial charge in [-0.3, -0.25) is 0 Å². The van der Waals surface area contributed by atoms with E-state index in [0.29, 0.717) is 12.4 Å². The third-order valence-corrected chi connectivity index (χ3v) is 3.78. The molecule has 2 aromatic rings. The van der Waals surface area contributed by atoms with E-state index in [1.165, 1.54) is 6.07 Å². The maximum Gasteiger partial charge on any atom is 0.214 e. The zero-order valence-corrected chi connectivity index (χ0v) is 11.5. The maximum absolute atomic E-state index is 12.9. The predicted octanol–water partition coefficient (Wildman–Crippen LogP) is 3.59. The highest BCUT2D eigenvalue weighted by Crippen LogP contribution is 2.27. The Bertz CT molecular complexity index is 531. The molecule has 0 aliphatic carbocycles. The van der Waals surface area contributed by atoms with Crippen LogP contribution in [0.25, 0.3) is 0 Å². The molecule has 0 aromatic carbocycles. The van der Waals surface area contributed by atoms with Crippen molar-refractivity contribution in [3.63, 3.8) is 0 Å². The number of anilines is 1. The molecular formula is C13H16FN3S. The molecule has 0 amide bonds. The summed E-state index contributed by atoms with van der Waals surface area (Å²) in [6.45, 7) is 7.02. The fraction of sp³-hybridized carbons (Fsp3) is 0.385. The van der Waals surface area contributed by atoms with Crippen molar-refractivity contribution < 1.29 is 4.39 Å². The molecule has 1 N–H and O–H groups in total. The lowest BCUT2D eigenvalue weighted by Crippen LogP contribution is -2.09. The summed E-state index contributed by atoms with van der Waals surface area (Å²) < 4.78 is 12.9. The highest BCUT2D eigenvalue weighted by atomic mass is 32.1. The summed E-state index contributed by atoms with van der Waals surface area (Å²) in [5, 5.41) is 4.19. The van der Waals surface area contributed by atoms with E-state index in [4.69, 9.17) is 0 Å². The van der Waals surface area contributed by atoms with Crippen molar-refractivity contribution in [1.82, 2.24) is 9.97 Å². The van der Waals surface area contributed by atoms with Gasteiger partial charge < -0.3 is 5.32 Å². The Labute approximate surface area is 110 Å². The number of pyridine rings is 1. The standard InChI is InChI=1S/C13H16FN3S/c1-13(2,3)12-16-8-9(18-12)7-15-11-6-4-5-10(14)17-11/h4-6,8H,7H2,1-3H3,(H,15,17). The van der Waals surface area contributed by atoms with Gasteiger partial charge in [0.15, 0.2) is 0 Å². The molecule has 0 aliphatic heterocycles. The number of nitrogens with one attached hydrogen (secondary N) is 1. The zero-order valence-electron chi connectivity index (χ0n) is 10.7. The lowest BCUT2D eigenvalue weighted by molar-refractivity contribution is 0.584. The second kappa shape index (κ2) is 5.02. The largest absolute Gasteiger partial charge is 0.365 e. The number of rotatable bonds is 3. The van der Waals surface area contributed by atoms with Gasteiger partial charge in [-0.1, -0.05) is 26.8 Å². The number of halogens is 1. The van der Waals surface area contributed by atoms with Crippen LogP contribution in [0.1, 0.15) is 30.7 Å². The molecule has 18 heavy (non-hydrogen) atoms. The third-order valence-electron chi connectivity index (χ3n) is 2.35. The highest BCUT2D eigenvalue weighted by molar-refractivity contribution is 7.11. The minimum absolute atomic E-state index is 0.0695. The fourth-order valence-corrected chi connectivity index (χ4v) is 2.33. The van der Waals surface area contributed by atoms with Gasteiger partial charge in [-0.15, -0.1) is 11.3 Å². The first-order chi connectivity index (χ1) is 8.45. The van der Waals surface area contributed by atoms with Crippen LogP contribution in [-0.4, -0.2) is 9.97 Å². The second-order valence-electron chi connectivity index (χ2n) is 5.08. The minimum Gasteiger partial charge on any atom is -0.365 e. The summed E-state index contributed by atoms with van der Waals surface area (Å²) in [5.41, 5.74) is 0.0695. The van der Waals surface area contributed by atoms with Gasteiger partial charge >= 0.3 is 0 Å². The summed E-state index contributed by atoms with van der Waals surface area (Å²) in [6.07, 6.45) is 1.86. The van der Waals surface area contributed by atoms with Gasteiger partial charge in [-0.25, -0.2) is 9.97 Å². The van der Waals surface area contributed by atoms with E-state index in [1.807, 2.05) is 6.20 Å². The van der Waals surface area contributed by atoms with Crippen molar-refractivity contribution >= 4 is 17.2 Å². The molecule has 0 saturated carbocycles. The molecule has 0 spiro atoms. The summed E-state index contributed by atoms with van der Waals surface area (Å²) in [7, 11) is 0. The monoisotopic (exact) mass is 265 g/mol. The second-order valence-corrected chi connectivity index (χ2v) is 6.20. The van der Waals surface area contributed by atoms with E-state index in [2.05, 4.69) is 36.1 Å². The van der Waals surface area contributed by atoms with E-state index >= 15 is 0 Å². The lowest BCUT2D eigenvalue weighted by Gasteiger charge is -2.13. The smallest absolute Gasteiger partial charge is 0.214 e. The van der Waals surface area contributed by atoms with Crippen LogP contribution in [0.3, 0.4) is 0 Å². The topological polar surface area (TPSA) is 37.8 Å². The minimum atomic E-state index is -0.473. The Balaban J connectivity index is 2.01. The van der Waals surface area contributed by atoms with E-state index in [9.17, 15) is 4.39 Å². The molecule has 2 rings (SSSR count). The van der Waals surface area contributed by atoms with Crippen molar-refractivity contribution in [3.05, 3.63) is 40.2 Å². The molecule has 0 bridgehead atoms. The van der Waals surface area contributed by atoms with Crippen LogP contribution in [0.2, 0.25) is 0 Å². The zero-order chi connectivity index (χ0) is 13.2. The van der Waals surface area contributed by atoms with Crippen molar-refractivity contribution in [2.24, 2.45) is 0 Å². The number of aromatic nitrogens is 2. The van der Waals surface area contributed by atoms with Crippen LogP contribution in [0, 0.1) is 5.95 Å². The van der Waals surface area contributed by atoms with E-state index < -0.39 is 5.95 Å². The number of nitrogens with zero attached hydrogens (tertiary/aromatic N) is 2. The molecule has 3 nitrogen and oxygen atoms in total. The van der Waals surface area contributed by atoms with E-state index in [0.717, 1.165) is 9.88 Å². The molecule has 0 saturated heterocycles. The van der Waals surface area contributed by atoms with Crippen LogP contribution in [0.5, 0.6) is 0 Å². The summed E-state index contributed by atoms with van der Waals surface area (Å²) >= 11 is 1.67. The highest BCUT2D eigenvalue weighted by Gasteiger charge is 2.17. The summed E-state index contributed by atoms with van der Waals surface area (Å²) in [4.78, 5) is 9.27. The Morgan fingerprint density at radius 1 is 1.33 bits per heavy atom. The molecule has 0 aliphatic rings. The average Bonchev–Trinajstić information content (AvgIpc) is 2.74. The molecule has 0 radical (unpaired) electrons.